The molecule has 6 heteroatoms. The predicted molar refractivity (Wildman–Crippen MR) is 95.0 cm³/mol. The Balaban J connectivity index is 1.96. The number of rotatable bonds is 4. The Kier molecular flexibility index (Phi) is 3.70. The summed E-state index contributed by atoms with van der Waals surface area (Å²) in [4.78, 5) is 0.337. The quantitative estimate of drug-likeness (QED) is 0.772. The van der Waals surface area contributed by atoms with Crippen LogP contribution in [0.5, 0.6) is 0 Å². The van der Waals surface area contributed by atoms with E-state index in [4.69, 9.17) is 0 Å². The van der Waals surface area contributed by atoms with E-state index in [2.05, 4.69) is 0 Å². The molecule has 2 atom stereocenters. The minimum absolute atomic E-state index is 0.0371. The standard InChI is InChI=1S/C19H16O4S2/c20-24(21,16-7-3-1-4-8-16)18-14-11-12-15(13-14)19(18)25(22,23)17-9-5-2-6-10-17/h1-12,14-15H,13H2/t14-,15+. The van der Waals surface area contributed by atoms with Crippen LogP contribution in [0.2, 0.25) is 0 Å². The molecule has 0 fully saturated rings. The Morgan fingerprint density at radius 3 is 1.32 bits per heavy atom. The molecular weight excluding hydrogens is 356 g/mol. The molecule has 4 rings (SSSR count). The van der Waals surface area contributed by atoms with Crippen LogP contribution in [0.1, 0.15) is 6.42 Å². The van der Waals surface area contributed by atoms with E-state index in [9.17, 15) is 16.8 Å². The second-order valence-electron chi connectivity index (χ2n) is 6.20. The van der Waals surface area contributed by atoms with Gasteiger partial charge in [-0.1, -0.05) is 48.6 Å². The normalized spacial score (nSPS) is 22.6. The molecule has 4 nitrogen and oxygen atoms in total. The summed E-state index contributed by atoms with van der Waals surface area (Å²) < 4.78 is 52.6. The molecule has 0 spiro atoms. The van der Waals surface area contributed by atoms with Crippen molar-refractivity contribution in [3.8, 4) is 0 Å². The van der Waals surface area contributed by atoms with Crippen LogP contribution in [0.25, 0.3) is 0 Å². The summed E-state index contributed by atoms with van der Waals surface area (Å²) >= 11 is 0. The molecule has 2 aromatic carbocycles. The third kappa shape index (κ3) is 2.48. The first kappa shape index (κ1) is 16.3. The van der Waals surface area contributed by atoms with Crippen LogP contribution in [0.15, 0.2) is 92.4 Å². The van der Waals surface area contributed by atoms with Crippen molar-refractivity contribution in [1.29, 1.82) is 0 Å². The SMILES string of the molecule is O=S(=O)(C1=C(S(=O)(=O)c2ccccc2)[C@H]2C=C[C@@H]1C2)c1ccccc1. The van der Waals surface area contributed by atoms with Gasteiger partial charge in [0.05, 0.1) is 19.6 Å². The van der Waals surface area contributed by atoms with E-state index in [1.54, 1.807) is 36.4 Å². The smallest absolute Gasteiger partial charge is 0.204 e. The van der Waals surface area contributed by atoms with Gasteiger partial charge in [-0.15, -0.1) is 0 Å². The molecule has 2 aliphatic rings. The molecule has 0 unspecified atom stereocenters. The summed E-state index contributed by atoms with van der Waals surface area (Å²) in [6.45, 7) is 0. The van der Waals surface area contributed by atoms with Gasteiger partial charge < -0.3 is 0 Å². The lowest BCUT2D eigenvalue weighted by atomic mass is 10.2. The van der Waals surface area contributed by atoms with Gasteiger partial charge in [-0.3, -0.25) is 0 Å². The van der Waals surface area contributed by atoms with Crippen LogP contribution in [0.3, 0.4) is 0 Å². The van der Waals surface area contributed by atoms with Crippen molar-refractivity contribution in [2.45, 2.75) is 16.2 Å². The molecule has 25 heavy (non-hydrogen) atoms. The van der Waals surface area contributed by atoms with Crippen molar-refractivity contribution in [2.24, 2.45) is 11.8 Å². The number of hydrogen-bond donors (Lipinski definition) is 0. The highest BCUT2D eigenvalue weighted by Gasteiger charge is 2.47. The van der Waals surface area contributed by atoms with Crippen molar-refractivity contribution in [2.75, 3.05) is 0 Å². The molecule has 0 saturated carbocycles. The van der Waals surface area contributed by atoms with Crippen LogP contribution in [0, 0.1) is 11.8 Å². The minimum atomic E-state index is -3.86. The third-order valence-corrected chi connectivity index (χ3v) is 8.80. The van der Waals surface area contributed by atoms with Gasteiger partial charge in [-0.2, -0.15) is 0 Å². The first-order valence-corrected chi connectivity index (χ1v) is 10.9. The highest BCUT2D eigenvalue weighted by molar-refractivity contribution is 7.99. The molecule has 0 aromatic heterocycles. The van der Waals surface area contributed by atoms with Gasteiger partial charge in [0.15, 0.2) is 0 Å². The second kappa shape index (κ2) is 5.68. The number of benzene rings is 2. The van der Waals surface area contributed by atoms with E-state index in [0.29, 0.717) is 6.42 Å². The van der Waals surface area contributed by atoms with Crippen LogP contribution in [-0.4, -0.2) is 16.8 Å². The van der Waals surface area contributed by atoms with Crippen molar-refractivity contribution >= 4 is 19.7 Å². The zero-order valence-electron chi connectivity index (χ0n) is 13.2. The van der Waals surface area contributed by atoms with Gasteiger partial charge in [0, 0.05) is 11.8 Å². The summed E-state index contributed by atoms with van der Waals surface area (Å²) in [5.74, 6) is -0.743. The maximum Gasteiger partial charge on any atom is 0.204 e. The molecule has 0 aliphatic heterocycles. The summed E-state index contributed by atoms with van der Waals surface area (Å²) in [5, 5.41) is 0. The van der Waals surface area contributed by atoms with E-state index in [1.807, 2.05) is 12.2 Å². The number of fused-ring (bicyclic) bond motifs is 2. The van der Waals surface area contributed by atoms with E-state index in [-0.39, 0.29) is 31.4 Å². The molecule has 0 radical (unpaired) electrons. The Morgan fingerprint density at radius 2 is 0.960 bits per heavy atom. The first-order valence-electron chi connectivity index (χ1n) is 7.95. The molecule has 0 heterocycles. The zero-order valence-corrected chi connectivity index (χ0v) is 14.9. The Hall–Kier alpha value is -2.18. The van der Waals surface area contributed by atoms with Gasteiger partial charge in [0.1, 0.15) is 0 Å². The third-order valence-electron chi connectivity index (χ3n) is 4.69. The molecule has 0 amide bonds. The maximum absolute atomic E-state index is 13.2. The second-order valence-corrected chi connectivity index (χ2v) is 10.0. The van der Waals surface area contributed by atoms with Gasteiger partial charge in [0.25, 0.3) is 0 Å². The summed E-state index contributed by atoms with van der Waals surface area (Å²) in [5.41, 5.74) is 0. The monoisotopic (exact) mass is 372 g/mol. The lowest BCUT2D eigenvalue weighted by Gasteiger charge is -2.17. The average molecular weight is 372 g/mol. The predicted octanol–water partition coefficient (Wildman–Crippen LogP) is 3.35. The molecule has 2 aromatic rings. The Morgan fingerprint density at radius 1 is 0.600 bits per heavy atom. The summed E-state index contributed by atoms with van der Waals surface area (Å²) in [6, 6.07) is 16.0. The molecule has 2 bridgehead atoms. The lowest BCUT2D eigenvalue weighted by molar-refractivity contribution is 0.594. The molecule has 0 N–H and O–H groups in total. The molecular formula is C19H16O4S2. The minimum Gasteiger partial charge on any atom is -0.219 e. The van der Waals surface area contributed by atoms with Crippen LogP contribution in [0.4, 0.5) is 0 Å². The summed E-state index contributed by atoms with van der Waals surface area (Å²) in [6.07, 6.45) is 4.12. The lowest BCUT2D eigenvalue weighted by Crippen LogP contribution is -2.17. The van der Waals surface area contributed by atoms with Gasteiger partial charge in [-0.05, 0) is 30.7 Å². The highest BCUT2D eigenvalue weighted by Crippen LogP contribution is 2.50. The van der Waals surface area contributed by atoms with Crippen LogP contribution >= 0.6 is 0 Å². The van der Waals surface area contributed by atoms with E-state index < -0.39 is 19.7 Å². The van der Waals surface area contributed by atoms with Gasteiger partial charge in [0.2, 0.25) is 19.7 Å². The fourth-order valence-electron chi connectivity index (χ4n) is 3.57. The number of hydrogen-bond acceptors (Lipinski definition) is 4. The van der Waals surface area contributed by atoms with E-state index in [0.717, 1.165) is 0 Å². The van der Waals surface area contributed by atoms with Crippen molar-refractivity contribution in [3.63, 3.8) is 0 Å². The Labute approximate surface area is 147 Å². The first-order chi connectivity index (χ1) is 11.9. The Bertz CT molecular complexity index is 993. The highest BCUT2D eigenvalue weighted by atomic mass is 32.2. The number of sulfone groups is 2. The van der Waals surface area contributed by atoms with Gasteiger partial charge in [-0.25, -0.2) is 16.8 Å². The zero-order chi connectivity index (χ0) is 17.7. The van der Waals surface area contributed by atoms with E-state index >= 15 is 0 Å². The molecule has 2 aliphatic carbocycles. The number of allylic oxidation sites excluding steroid dienone is 4. The largest absolute Gasteiger partial charge is 0.219 e. The summed E-state index contributed by atoms with van der Waals surface area (Å²) in [7, 11) is -7.72. The average Bonchev–Trinajstić information content (AvgIpc) is 3.25. The van der Waals surface area contributed by atoms with Crippen molar-refractivity contribution < 1.29 is 16.8 Å². The maximum atomic E-state index is 13.2. The fraction of sp³-hybridized carbons (Fsp3) is 0.158. The van der Waals surface area contributed by atoms with E-state index in [1.165, 1.54) is 24.3 Å². The topological polar surface area (TPSA) is 68.3 Å². The fourth-order valence-corrected chi connectivity index (χ4v) is 7.75. The molecule has 0 saturated heterocycles. The van der Waals surface area contributed by atoms with Crippen LogP contribution in [-0.2, 0) is 19.7 Å². The van der Waals surface area contributed by atoms with Gasteiger partial charge >= 0.3 is 0 Å². The molecule has 128 valence electrons. The van der Waals surface area contributed by atoms with Crippen molar-refractivity contribution in [3.05, 3.63) is 82.6 Å². The van der Waals surface area contributed by atoms with Crippen LogP contribution < -0.4 is 0 Å². The van der Waals surface area contributed by atoms with Crippen molar-refractivity contribution in [1.82, 2.24) is 0 Å².